The van der Waals surface area contributed by atoms with E-state index >= 15 is 0 Å². The Morgan fingerprint density at radius 3 is 2.58 bits per heavy atom. The van der Waals surface area contributed by atoms with Crippen molar-refractivity contribution in [3.8, 4) is 5.75 Å². The number of ether oxygens (including phenoxy) is 1. The van der Waals surface area contributed by atoms with Gasteiger partial charge in [-0.05, 0) is 48.7 Å². The number of benzene rings is 2. The van der Waals surface area contributed by atoms with Gasteiger partial charge in [-0.3, -0.25) is 4.79 Å². The van der Waals surface area contributed by atoms with Gasteiger partial charge < -0.3 is 15.4 Å². The molecule has 0 bridgehead atoms. The van der Waals surface area contributed by atoms with Crippen molar-refractivity contribution < 1.29 is 9.53 Å². The molecule has 0 saturated carbocycles. The summed E-state index contributed by atoms with van der Waals surface area (Å²) in [7, 11) is 0. The van der Waals surface area contributed by atoms with Gasteiger partial charge in [-0.1, -0.05) is 31.5 Å². The van der Waals surface area contributed by atoms with Gasteiger partial charge in [-0.2, -0.15) is 0 Å². The third-order valence-electron chi connectivity index (χ3n) is 3.38. The molecule has 4 nitrogen and oxygen atoms in total. The SMILES string of the molecule is CC(C)CCOc1cccc(NCC(=O)Nc2ccc(Cl)cc2)c1. The molecule has 2 aromatic rings. The first-order chi connectivity index (χ1) is 11.5. The average molecular weight is 347 g/mol. The zero-order valence-corrected chi connectivity index (χ0v) is 14.8. The molecule has 0 fully saturated rings. The van der Waals surface area contributed by atoms with E-state index in [1.807, 2.05) is 24.3 Å². The van der Waals surface area contributed by atoms with Crippen LogP contribution in [0.3, 0.4) is 0 Å². The van der Waals surface area contributed by atoms with E-state index < -0.39 is 0 Å². The number of halogens is 1. The van der Waals surface area contributed by atoms with Crippen LogP contribution in [0.2, 0.25) is 5.02 Å². The van der Waals surface area contributed by atoms with Gasteiger partial charge in [-0.15, -0.1) is 0 Å². The lowest BCUT2D eigenvalue weighted by Crippen LogP contribution is -2.21. The maximum atomic E-state index is 12.0. The van der Waals surface area contributed by atoms with Gasteiger partial charge in [-0.25, -0.2) is 0 Å². The zero-order chi connectivity index (χ0) is 17.4. The minimum Gasteiger partial charge on any atom is -0.494 e. The highest BCUT2D eigenvalue weighted by atomic mass is 35.5. The Hall–Kier alpha value is -2.20. The van der Waals surface area contributed by atoms with Crippen molar-refractivity contribution >= 4 is 28.9 Å². The Morgan fingerprint density at radius 2 is 1.88 bits per heavy atom. The molecule has 2 rings (SSSR count). The largest absolute Gasteiger partial charge is 0.494 e. The van der Waals surface area contributed by atoms with Crippen molar-refractivity contribution in [2.45, 2.75) is 20.3 Å². The van der Waals surface area contributed by atoms with Crippen molar-refractivity contribution in [1.82, 2.24) is 0 Å². The summed E-state index contributed by atoms with van der Waals surface area (Å²) in [6.07, 6.45) is 1.02. The third kappa shape index (κ3) is 6.50. The molecule has 0 aliphatic rings. The second-order valence-electron chi connectivity index (χ2n) is 5.97. The molecule has 2 aromatic carbocycles. The Balaban J connectivity index is 1.80. The summed E-state index contributed by atoms with van der Waals surface area (Å²) in [4.78, 5) is 12.0. The zero-order valence-electron chi connectivity index (χ0n) is 14.0. The number of amides is 1. The summed E-state index contributed by atoms with van der Waals surface area (Å²) < 4.78 is 5.72. The van der Waals surface area contributed by atoms with Crippen LogP contribution < -0.4 is 15.4 Å². The first-order valence-electron chi connectivity index (χ1n) is 8.05. The summed E-state index contributed by atoms with van der Waals surface area (Å²) in [5, 5.41) is 6.55. The summed E-state index contributed by atoms with van der Waals surface area (Å²) in [6, 6.07) is 14.6. The molecule has 0 atom stereocenters. The van der Waals surface area contributed by atoms with Crippen molar-refractivity contribution in [3.63, 3.8) is 0 Å². The summed E-state index contributed by atoms with van der Waals surface area (Å²) >= 11 is 5.82. The molecule has 0 aliphatic carbocycles. The van der Waals surface area contributed by atoms with E-state index in [9.17, 15) is 4.79 Å². The predicted molar refractivity (Wildman–Crippen MR) is 100.0 cm³/mol. The smallest absolute Gasteiger partial charge is 0.243 e. The van der Waals surface area contributed by atoms with Crippen LogP contribution in [0.25, 0.3) is 0 Å². The summed E-state index contributed by atoms with van der Waals surface area (Å²) in [5.74, 6) is 1.30. The average Bonchev–Trinajstić information content (AvgIpc) is 2.55. The number of hydrogen-bond acceptors (Lipinski definition) is 3. The molecule has 24 heavy (non-hydrogen) atoms. The molecular weight excluding hydrogens is 324 g/mol. The molecule has 0 heterocycles. The lowest BCUT2D eigenvalue weighted by molar-refractivity contribution is -0.114. The van der Waals surface area contributed by atoms with Gasteiger partial charge in [0.1, 0.15) is 5.75 Å². The minimum absolute atomic E-state index is 0.122. The van der Waals surface area contributed by atoms with Gasteiger partial charge >= 0.3 is 0 Å². The van der Waals surface area contributed by atoms with Crippen LogP contribution in [-0.2, 0) is 4.79 Å². The number of nitrogens with one attached hydrogen (secondary N) is 2. The van der Waals surface area contributed by atoms with Crippen LogP contribution in [-0.4, -0.2) is 19.1 Å². The molecule has 0 aliphatic heterocycles. The standard InChI is InChI=1S/C19H23ClN2O2/c1-14(2)10-11-24-18-5-3-4-17(12-18)21-13-19(23)22-16-8-6-15(20)7-9-16/h3-9,12,14,21H,10-11,13H2,1-2H3,(H,22,23). The number of carbonyl (C=O) groups is 1. The minimum atomic E-state index is -0.122. The Bertz CT molecular complexity index is 657. The normalized spacial score (nSPS) is 10.5. The summed E-state index contributed by atoms with van der Waals surface area (Å²) in [6.45, 7) is 5.21. The van der Waals surface area contributed by atoms with Gasteiger partial charge in [0.2, 0.25) is 5.91 Å². The quantitative estimate of drug-likeness (QED) is 0.720. The molecule has 0 aromatic heterocycles. The van der Waals surface area contributed by atoms with Crippen LogP contribution in [0.1, 0.15) is 20.3 Å². The van der Waals surface area contributed by atoms with Crippen molar-refractivity contribution in [3.05, 3.63) is 53.6 Å². The fourth-order valence-corrected chi connectivity index (χ4v) is 2.16. The van der Waals surface area contributed by atoms with Gasteiger partial charge in [0, 0.05) is 22.5 Å². The number of anilines is 2. The lowest BCUT2D eigenvalue weighted by atomic mass is 10.1. The Labute approximate surface area is 148 Å². The van der Waals surface area contributed by atoms with E-state index in [-0.39, 0.29) is 12.5 Å². The monoisotopic (exact) mass is 346 g/mol. The molecule has 2 N–H and O–H groups in total. The first-order valence-corrected chi connectivity index (χ1v) is 8.43. The second kappa shape index (κ2) is 9.18. The highest BCUT2D eigenvalue weighted by Gasteiger charge is 2.03. The molecule has 0 spiro atoms. The van der Waals surface area contributed by atoms with Crippen molar-refractivity contribution in [2.75, 3.05) is 23.8 Å². The van der Waals surface area contributed by atoms with Gasteiger partial charge in [0.15, 0.2) is 0 Å². The Morgan fingerprint density at radius 1 is 1.12 bits per heavy atom. The topological polar surface area (TPSA) is 50.4 Å². The molecule has 5 heteroatoms. The first kappa shape index (κ1) is 18.1. The highest BCUT2D eigenvalue weighted by Crippen LogP contribution is 2.18. The predicted octanol–water partition coefficient (Wildman–Crippen LogP) is 4.82. The van der Waals surface area contributed by atoms with Crippen LogP contribution in [0, 0.1) is 5.92 Å². The van der Waals surface area contributed by atoms with Crippen LogP contribution in [0.5, 0.6) is 5.75 Å². The van der Waals surface area contributed by atoms with E-state index in [0.717, 1.165) is 23.5 Å². The number of rotatable bonds is 8. The van der Waals surface area contributed by atoms with E-state index in [1.165, 1.54) is 0 Å². The van der Waals surface area contributed by atoms with Gasteiger partial charge in [0.25, 0.3) is 0 Å². The fraction of sp³-hybridized carbons (Fsp3) is 0.316. The maximum Gasteiger partial charge on any atom is 0.243 e. The molecule has 128 valence electrons. The molecule has 0 unspecified atom stereocenters. The summed E-state index contributed by atoms with van der Waals surface area (Å²) in [5.41, 5.74) is 1.57. The Kier molecular flexibility index (Phi) is 6.94. The lowest BCUT2D eigenvalue weighted by Gasteiger charge is -2.11. The molecule has 1 amide bonds. The van der Waals surface area contributed by atoms with Crippen LogP contribution >= 0.6 is 11.6 Å². The maximum absolute atomic E-state index is 12.0. The highest BCUT2D eigenvalue weighted by molar-refractivity contribution is 6.30. The third-order valence-corrected chi connectivity index (χ3v) is 3.63. The number of carbonyl (C=O) groups excluding carboxylic acids is 1. The van der Waals surface area contributed by atoms with Crippen LogP contribution in [0.4, 0.5) is 11.4 Å². The van der Waals surface area contributed by atoms with Crippen molar-refractivity contribution in [2.24, 2.45) is 5.92 Å². The molecule has 0 saturated heterocycles. The van der Waals surface area contributed by atoms with Gasteiger partial charge in [0.05, 0.1) is 13.2 Å². The van der Waals surface area contributed by atoms with E-state index in [0.29, 0.717) is 17.5 Å². The van der Waals surface area contributed by atoms with Crippen LogP contribution in [0.15, 0.2) is 48.5 Å². The fourth-order valence-electron chi connectivity index (χ4n) is 2.03. The van der Waals surface area contributed by atoms with E-state index in [4.69, 9.17) is 16.3 Å². The molecular formula is C19H23ClN2O2. The van der Waals surface area contributed by atoms with Crippen molar-refractivity contribution in [1.29, 1.82) is 0 Å². The second-order valence-corrected chi connectivity index (χ2v) is 6.40. The van der Waals surface area contributed by atoms with E-state index in [1.54, 1.807) is 24.3 Å². The number of hydrogen-bond donors (Lipinski definition) is 2. The molecule has 0 radical (unpaired) electrons. The van der Waals surface area contributed by atoms with E-state index in [2.05, 4.69) is 24.5 Å².